The molecule has 0 aliphatic rings. The van der Waals surface area contributed by atoms with Gasteiger partial charge in [0.05, 0.1) is 0 Å². The van der Waals surface area contributed by atoms with Crippen molar-refractivity contribution >= 4 is 64.2 Å². The Morgan fingerprint density at radius 2 is 1.86 bits per heavy atom. The van der Waals surface area contributed by atoms with Gasteiger partial charge in [-0.25, -0.2) is 4.39 Å². The van der Waals surface area contributed by atoms with E-state index in [1.165, 1.54) is 41.0 Å². The Bertz CT molecular complexity index is 1130. The average Bonchev–Trinajstić information content (AvgIpc) is 2.99. The molecule has 0 aliphatic heterocycles. The van der Waals surface area contributed by atoms with Crippen LogP contribution >= 0.6 is 42.1 Å². The Hall–Kier alpha value is -1.73. The monoisotopic (exact) mass is 459 g/mol. The van der Waals surface area contributed by atoms with Crippen LogP contribution in [0.5, 0.6) is 0 Å². The zero-order valence-electron chi connectivity index (χ0n) is 14.0. The van der Waals surface area contributed by atoms with Crippen LogP contribution in [0.3, 0.4) is 0 Å². The molecule has 1 atom stereocenters. The molecule has 10 heteroatoms. The summed E-state index contributed by atoms with van der Waals surface area (Å²) in [5, 5.41) is 5.00. The Morgan fingerprint density at radius 3 is 2.57 bits per heavy atom. The smallest absolute Gasteiger partial charge is 0.332 e. The third-order valence-corrected chi connectivity index (χ3v) is 6.53. The number of fused-ring (bicyclic) bond motifs is 1. The number of rotatable bonds is 5. The molecule has 1 unspecified atom stereocenters. The van der Waals surface area contributed by atoms with Gasteiger partial charge < -0.3 is 15.1 Å². The van der Waals surface area contributed by atoms with Gasteiger partial charge in [-0.3, -0.25) is 9.36 Å². The summed E-state index contributed by atoms with van der Waals surface area (Å²) >= 11 is 13.0. The fraction of sp³-hybridized carbons (Fsp3) is 0.0556. The second-order valence-electron chi connectivity index (χ2n) is 5.83. The van der Waals surface area contributed by atoms with Crippen molar-refractivity contribution in [1.29, 1.82) is 0 Å². The third kappa shape index (κ3) is 4.63. The number of carbonyl (C=O) groups excluding carboxylic acids is 1. The van der Waals surface area contributed by atoms with Crippen LogP contribution in [0.2, 0.25) is 10.0 Å². The van der Waals surface area contributed by atoms with Gasteiger partial charge >= 0.3 is 7.60 Å². The van der Waals surface area contributed by atoms with E-state index in [0.717, 1.165) is 10.9 Å². The van der Waals surface area contributed by atoms with Gasteiger partial charge in [-0.15, -0.1) is 11.3 Å². The van der Waals surface area contributed by atoms with E-state index in [4.69, 9.17) is 23.2 Å². The van der Waals surface area contributed by atoms with E-state index >= 15 is 0 Å². The lowest BCUT2D eigenvalue weighted by Crippen LogP contribution is -2.25. The molecule has 1 amide bonds. The van der Waals surface area contributed by atoms with Crippen molar-refractivity contribution in [2.75, 3.05) is 0 Å². The zero-order valence-corrected chi connectivity index (χ0v) is 17.2. The van der Waals surface area contributed by atoms with Crippen molar-refractivity contribution in [2.45, 2.75) is 5.66 Å². The highest BCUT2D eigenvalue weighted by atomic mass is 35.5. The molecule has 2 aromatic carbocycles. The fourth-order valence-electron chi connectivity index (χ4n) is 2.64. The maximum Gasteiger partial charge on any atom is 0.342 e. The van der Waals surface area contributed by atoms with Crippen molar-refractivity contribution in [3.63, 3.8) is 0 Å². The molecular formula is C18H13Cl2FNO4PS. The third-order valence-electron chi connectivity index (χ3n) is 3.89. The van der Waals surface area contributed by atoms with Crippen molar-refractivity contribution in [1.82, 2.24) is 5.32 Å². The predicted molar refractivity (Wildman–Crippen MR) is 110 cm³/mol. The van der Waals surface area contributed by atoms with Crippen molar-refractivity contribution in [3.8, 4) is 0 Å². The van der Waals surface area contributed by atoms with Gasteiger partial charge in [0.2, 0.25) is 5.91 Å². The average molecular weight is 460 g/mol. The number of hydrogen-bond acceptors (Lipinski definition) is 3. The summed E-state index contributed by atoms with van der Waals surface area (Å²) in [5.74, 6) is -1.48. The molecule has 5 nitrogen and oxygen atoms in total. The zero-order chi connectivity index (χ0) is 20.5. The lowest BCUT2D eigenvalue weighted by atomic mass is 10.1. The van der Waals surface area contributed by atoms with Crippen LogP contribution in [0.4, 0.5) is 4.39 Å². The Kier molecular flexibility index (Phi) is 6.25. The van der Waals surface area contributed by atoms with Crippen LogP contribution in [0.15, 0.2) is 48.0 Å². The highest BCUT2D eigenvalue weighted by Gasteiger charge is 2.38. The first-order valence-electron chi connectivity index (χ1n) is 7.80. The minimum absolute atomic E-state index is 0.119. The molecule has 3 rings (SSSR count). The van der Waals surface area contributed by atoms with Crippen molar-refractivity contribution < 1.29 is 23.5 Å². The van der Waals surface area contributed by atoms with Gasteiger partial charge in [0.1, 0.15) is 5.82 Å². The first-order chi connectivity index (χ1) is 13.2. The molecule has 28 heavy (non-hydrogen) atoms. The van der Waals surface area contributed by atoms with Crippen LogP contribution in [-0.4, -0.2) is 15.7 Å². The summed E-state index contributed by atoms with van der Waals surface area (Å²) in [6, 6.07) is 8.82. The van der Waals surface area contributed by atoms with E-state index in [-0.39, 0.29) is 11.1 Å². The molecule has 0 radical (unpaired) electrons. The minimum atomic E-state index is -4.85. The summed E-state index contributed by atoms with van der Waals surface area (Å²) in [6.45, 7) is 0. The molecule has 0 spiro atoms. The molecule has 1 heterocycles. The Balaban J connectivity index is 1.91. The van der Waals surface area contributed by atoms with Gasteiger partial charge in [0.25, 0.3) is 0 Å². The summed E-state index contributed by atoms with van der Waals surface area (Å²) in [7, 11) is -4.85. The number of nitrogens with one attached hydrogen (secondary N) is 1. The van der Waals surface area contributed by atoms with Gasteiger partial charge in [0, 0.05) is 26.5 Å². The first kappa shape index (κ1) is 21.0. The summed E-state index contributed by atoms with van der Waals surface area (Å²) < 4.78 is 26.5. The number of halogens is 3. The molecule has 3 N–H and O–H groups in total. The quantitative estimate of drug-likeness (QED) is 0.448. The van der Waals surface area contributed by atoms with Gasteiger partial charge in [-0.1, -0.05) is 23.2 Å². The lowest BCUT2D eigenvalue weighted by Gasteiger charge is -2.16. The SMILES string of the molecule is O=C(N/C=C/c1cc(Cl)ccc1F)C(c1csc2ccc(Cl)cc12)P(=O)(O)O. The van der Waals surface area contributed by atoms with Crippen molar-refractivity contribution in [2.24, 2.45) is 0 Å². The topological polar surface area (TPSA) is 86.6 Å². The van der Waals surface area contributed by atoms with E-state index in [1.807, 2.05) is 0 Å². The van der Waals surface area contributed by atoms with E-state index in [9.17, 15) is 23.5 Å². The maximum atomic E-state index is 13.7. The fourth-order valence-corrected chi connectivity index (χ4v) is 5.02. The van der Waals surface area contributed by atoms with E-state index < -0.39 is 25.0 Å². The number of benzene rings is 2. The second kappa shape index (κ2) is 8.33. The van der Waals surface area contributed by atoms with E-state index in [2.05, 4.69) is 5.32 Å². The largest absolute Gasteiger partial charge is 0.342 e. The Labute approximate surface area is 173 Å². The molecule has 0 aliphatic carbocycles. The molecule has 3 aromatic rings. The maximum absolute atomic E-state index is 13.7. The number of amides is 1. The van der Waals surface area contributed by atoms with Crippen LogP contribution < -0.4 is 5.32 Å². The second-order valence-corrected chi connectivity index (χ2v) is 9.31. The molecule has 0 saturated heterocycles. The van der Waals surface area contributed by atoms with Gasteiger partial charge in [-0.2, -0.15) is 0 Å². The lowest BCUT2D eigenvalue weighted by molar-refractivity contribution is -0.120. The minimum Gasteiger partial charge on any atom is -0.332 e. The molecule has 0 bridgehead atoms. The van der Waals surface area contributed by atoms with Gasteiger partial charge in [-0.05, 0) is 58.8 Å². The summed E-state index contributed by atoms with van der Waals surface area (Å²) in [4.78, 5) is 32.1. The van der Waals surface area contributed by atoms with Crippen molar-refractivity contribution in [3.05, 3.63) is 75.0 Å². The summed E-state index contributed by atoms with van der Waals surface area (Å²) in [5.41, 5.74) is -1.43. The Morgan fingerprint density at radius 1 is 1.18 bits per heavy atom. The number of carbonyl (C=O) groups is 1. The molecule has 1 aromatic heterocycles. The van der Waals surface area contributed by atoms with Crippen LogP contribution in [0, 0.1) is 5.82 Å². The highest BCUT2D eigenvalue weighted by Crippen LogP contribution is 2.54. The molecule has 0 saturated carbocycles. The van der Waals surface area contributed by atoms with Crippen LogP contribution in [-0.2, 0) is 9.36 Å². The predicted octanol–water partition coefficient (Wildman–Crippen LogP) is 5.35. The molecule has 146 valence electrons. The molecular weight excluding hydrogens is 447 g/mol. The number of thiophene rings is 1. The van der Waals surface area contributed by atoms with Gasteiger partial charge in [0.15, 0.2) is 5.66 Å². The highest BCUT2D eigenvalue weighted by molar-refractivity contribution is 7.53. The first-order valence-corrected chi connectivity index (χ1v) is 11.1. The normalized spacial score (nSPS) is 13.2. The van der Waals surface area contributed by atoms with E-state index in [0.29, 0.717) is 15.4 Å². The standard InChI is InChI=1S/C18H13Cl2FNO4PS/c19-11-1-3-15(21)10(7-11)5-6-22-18(23)17(27(24,25)26)14-9-28-16-4-2-12(20)8-13(14)16/h1-9,17H,(H,22,23)(H2,24,25,26)/b6-5+. The number of hydrogen-bond donors (Lipinski definition) is 3. The van der Waals surface area contributed by atoms with E-state index in [1.54, 1.807) is 18.2 Å². The summed E-state index contributed by atoms with van der Waals surface area (Å²) in [6.07, 6.45) is 2.36. The van der Waals surface area contributed by atoms with Crippen LogP contribution in [0.1, 0.15) is 16.8 Å². The van der Waals surface area contributed by atoms with Crippen LogP contribution in [0.25, 0.3) is 16.2 Å². The molecule has 0 fully saturated rings.